The molecule has 2 rings (SSSR count). The van der Waals surface area contributed by atoms with Crippen molar-refractivity contribution in [1.82, 2.24) is 14.9 Å². The van der Waals surface area contributed by atoms with Crippen molar-refractivity contribution in [3.05, 3.63) is 23.9 Å². The van der Waals surface area contributed by atoms with Gasteiger partial charge in [-0.25, -0.2) is 4.98 Å². The molecular weight excluding hydrogens is 238 g/mol. The molecule has 1 aromatic rings. The van der Waals surface area contributed by atoms with Gasteiger partial charge < -0.3 is 16.0 Å². The first-order valence-electron chi connectivity index (χ1n) is 6.91. The van der Waals surface area contributed by atoms with Gasteiger partial charge in [0.25, 0.3) is 0 Å². The van der Waals surface area contributed by atoms with Crippen LogP contribution in [0.4, 0.5) is 11.8 Å². The maximum Gasteiger partial charge on any atom is 0.222 e. The van der Waals surface area contributed by atoms with Crippen LogP contribution < -0.4 is 11.1 Å². The van der Waals surface area contributed by atoms with Gasteiger partial charge in [-0.2, -0.15) is 4.98 Å². The molecule has 3 N–H and O–H groups in total. The lowest BCUT2D eigenvalue weighted by Gasteiger charge is -2.17. The van der Waals surface area contributed by atoms with E-state index in [9.17, 15) is 0 Å². The highest BCUT2D eigenvalue weighted by molar-refractivity contribution is 5.50. The molecule has 0 radical (unpaired) electrons. The minimum atomic E-state index is 0.328. The second-order valence-electron chi connectivity index (χ2n) is 4.96. The fourth-order valence-electron chi connectivity index (χ4n) is 2.49. The Balaban J connectivity index is 1.99. The molecule has 5 heteroatoms. The molecule has 0 unspecified atom stereocenters. The van der Waals surface area contributed by atoms with Gasteiger partial charge in [-0.15, -0.1) is 6.58 Å². The van der Waals surface area contributed by atoms with Crippen molar-refractivity contribution in [1.29, 1.82) is 0 Å². The van der Waals surface area contributed by atoms with Crippen molar-refractivity contribution in [2.45, 2.75) is 26.2 Å². The first-order valence-corrected chi connectivity index (χ1v) is 6.91. The first-order chi connectivity index (χ1) is 9.20. The number of nitrogen functional groups attached to an aromatic ring is 1. The van der Waals surface area contributed by atoms with Crippen LogP contribution in [0.3, 0.4) is 0 Å². The smallest absolute Gasteiger partial charge is 0.222 e. The Morgan fingerprint density at radius 2 is 2.11 bits per heavy atom. The number of hydrogen-bond acceptors (Lipinski definition) is 5. The summed E-state index contributed by atoms with van der Waals surface area (Å²) in [5.41, 5.74) is 7.74. The van der Waals surface area contributed by atoms with Crippen molar-refractivity contribution in [3.63, 3.8) is 0 Å². The Morgan fingerprint density at radius 3 is 2.79 bits per heavy atom. The van der Waals surface area contributed by atoms with Crippen LogP contribution in [-0.2, 0) is 6.42 Å². The predicted octanol–water partition coefficient (Wildman–Crippen LogP) is 1.60. The Labute approximate surface area is 114 Å². The SMILES string of the molecule is C=CCc1c(C)nc(N)nc1NCCN1CCCC1. The Kier molecular flexibility index (Phi) is 4.74. The van der Waals surface area contributed by atoms with Crippen LogP contribution in [0, 0.1) is 6.92 Å². The number of nitrogens with two attached hydrogens (primary N) is 1. The second-order valence-corrected chi connectivity index (χ2v) is 4.96. The largest absolute Gasteiger partial charge is 0.368 e. The molecule has 1 aliphatic rings. The van der Waals surface area contributed by atoms with E-state index in [-0.39, 0.29) is 0 Å². The quantitative estimate of drug-likeness (QED) is 0.761. The lowest BCUT2D eigenvalue weighted by molar-refractivity contribution is 0.352. The van der Waals surface area contributed by atoms with Gasteiger partial charge in [-0.05, 0) is 39.3 Å². The summed E-state index contributed by atoms with van der Waals surface area (Å²) in [6.45, 7) is 10.1. The van der Waals surface area contributed by atoms with Gasteiger partial charge in [0.15, 0.2) is 0 Å². The van der Waals surface area contributed by atoms with Crippen molar-refractivity contribution in [2.24, 2.45) is 0 Å². The van der Waals surface area contributed by atoms with E-state index in [4.69, 9.17) is 5.73 Å². The standard InChI is InChI=1S/C14H23N5/c1-3-6-12-11(2)17-14(15)18-13(12)16-7-10-19-8-4-5-9-19/h3H,1,4-10H2,2H3,(H3,15,16,17,18). The summed E-state index contributed by atoms with van der Waals surface area (Å²) in [6.07, 6.45) is 5.27. The molecule has 1 aromatic heterocycles. The van der Waals surface area contributed by atoms with Gasteiger partial charge in [-0.3, -0.25) is 0 Å². The van der Waals surface area contributed by atoms with Crippen LogP contribution in [0.2, 0.25) is 0 Å². The Morgan fingerprint density at radius 1 is 1.37 bits per heavy atom. The number of rotatable bonds is 6. The van der Waals surface area contributed by atoms with Crippen molar-refractivity contribution >= 4 is 11.8 Å². The number of anilines is 2. The van der Waals surface area contributed by atoms with E-state index in [0.29, 0.717) is 5.95 Å². The molecule has 1 saturated heterocycles. The van der Waals surface area contributed by atoms with Crippen LogP contribution in [0.1, 0.15) is 24.1 Å². The molecule has 0 atom stereocenters. The maximum absolute atomic E-state index is 5.72. The molecule has 1 fully saturated rings. The molecule has 0 amide bonds. The number of aryl methyl sites for hydroxylation is 1. The summed E-state index contributed by atoms with van der Waals surface area (Å²) in [5, 5.41) is 3.39. The topological polar surface area (TPSA) is 67.1 Å². The lowest BCUT2D eigenvalue weighted by atomic mass is 10.1. The molecule has 104 valence electrons. The van der Waals surface area contributed by atoms with Crippen molar-refractivity contribution < 1.29 is 0 Å². The zero-order valence-corrected chi connectivity index (χ0v) is 11.7. The molecule has 0 aromatic carbocycles. The molecule has 5 nitrogen and oxygen atoms in total. The highest BCUT2D eigenvalue weighted by atomic mass is 15.2. The summed E-state index contributed by atoms with van der Waals surface area (Å²) in [4.78, 5) is 11.0. The molecule has 2 heterocycles. The van der Waals surface area contributed by atoms with Crippen LogP contribution in [0.25, 0.3) is 0 Å². The highest BCUT2D eigenvalue weighted by Crippen LogP contribution is 2.18. The maximum atomic E-state index is 5.72. The predicted molar refractivity (Wildman–Crippen MR) is 79.2 cm³/mol. The van der Waals surface area contributed by atoms with E-state index in [2.05, 4.69) is 26.8 Å². The fourth-order valence-corrected chi connectivity index (χ4v) is 2.49. The normalized spacial score (nSPS) is 15.6. The second kappa shape index (κ2) is 6.52. The molecule has 0 saturated carbocycles. The van der Waals surface area contributed by atoms with E-state index in [1.165, 1.54) is 25.9 Å². The summed E-state index contributed by atoms with van der Waals surface area (Å²) >= 11 is 0. The zero-order valence-electron chi connectivity index (χ0n) is 11.7. The third kappa shape index (κ3) is 3.67. The zero-order chi connectivity index (χ0) is 13.7. The summed E-state index contributed by atoms with van der Waals surface area (Å²) in [6, 6.07) is 0. The van der Waals surface area contributed by atoms with Crippen molar-refractivity contribution in [3.8, 4) is 0 Å². The van der Waals surface area contributed by atoms with Crippen LogP contribution in [-0.4, -0.2) is 41.0 Å². The van der Waals surface area contributed by atoms with Gasteiger partial charge >= 0.3 is 0 Å². The van der Waals surface area contributed by atoms with Crippen molar-refractivity contribution in [2.75, 3.05) is 37.2 Å². The third-order valence-electron chi connectivity index (χ3n) is 3.50. The monoisotopic (exact) mass is 261 g/mol. The number of likely N-dealkylation sites (tertiary alicyclic amines) is 1. The molecule has 0 spiro atoms. The van der Waals surface area contributed by atoms with E-state index in [1.807, 2.05) is 13.0 Å². The third-order valence-corrected chi connectivity index (χ3v) is 3.50. The molecular formula is C14H23N5. The van der Waals surface area contributed by atoms with Gasteiger partial charge in [0, 0.05) is 24.3 Å². The number of nitrogens with zero attached hydrogens (tertiary/aromatic N) is 3. The van der Waals surface area contributed by atoms with Crippen LogP contribution in [0.15, 0.2) is 12.7 Å². The first kappa shape index (κ1) is 13.8. The molecule has 0 bridgehead atoms. The van der Waals surface area contributed by atoms with E-state index >= 15 is 0 Å². The fraction of sp³-hybridized carbons (Fsp3) is 0.571. The van der Waals surface area contributed by atoms with Gasteiger partial charge in [0.2, 0.25) is 5.95 Å². The van der Waals surface area contributed by atoms with Gasteiger partial charge in [-0.1, -0.05) is 6.08 Å². The number of hydrogen-bond donors (Lipinski definition) is 2. The van der Waals surface area contributed by atoms with E-state index in [1.54, 1.807) is 0 Å². The van der Waals surface area contributed by atoms with Crippen LogP contribution in [0.5, 0.6) is 0 Å². The summed E-state index contributed by atoms with van der Waals surface area (Å²) in [7, 11) is 0. The number of allylic oxidation sites excluding steroid dienone is 1. The average molecular weight is 261 g/mol. The van der Waals surface area contributed by atoms with Gasteiger partial charge in [0.05, 0.1) is 0 Å². The average Bonchev–Trinajstić information content (AvgIpc) is 2.86. The molecule has 1 aliphatic heterocycles. The van der Waals surface area contributed by atoms with Crippen LogP contribution >= 0.6 is 0 Å². The van der Waals surface area contributed by atoms with Gasteiger partial charge in [0.1, 0.15) is 5.82 Å². The summed E-state index contributed by atoms with van der Waals surface area (Å²) < 4.78 is 0. The molecule has 19 heavy (non-hydrogen) atoms. The number of nitrogens with one attached hydrogen (secondary N) is 1. The van der Waals surface area contributed by atoms with E-state index in [0.717, 1.165) is 36.6 Å². The highest BCUT2D eigenvalue weighted by Gasteiger charge is 2.12. The Bertz CT molecular complexity index is 438. The van der Waals surface area contributed by atoms with E-state index < -0.39 is 0 Å². The summed E-state index contributed by atoms with van der Waals surface area (Å²) in [5.74, 6) is 1.18. The molecule has 0 aliphatic carbocycles. The minimum absolute atomic E-state index is 0.328. The minimum Gasteiger partial charge on any atom is -0.368 e. The Hall–Kier alpha value is -1.62. The lowest BCUT2D eigenvalue weighted by Crippen LogP contribution is -2.26. The number of aromatic nitrogens is 2.